The number of carbonyl (C=O) groups excluding carboxylic acids is 2. The summed E-state index contributed by atoms with van der Waals surface area (Å²) in [6.45, 7) is 1.93. The highest BCUT2D eigenvalue weighted by Gasteiger charge is 2.13. The molecule has 0 aliphatic carbocycles. The lowest BCUT2D eigenvalue weighted by Crippen LogP contribution is -2.12. The summed E-state index contributed by atoms with van der Waals surface area (Å²) in [5.74, 6) is -1.23. The zero-order chi connectivity index (χ0) is 20.8. The van der Waals surface area contributed by atoms with Gasteiger partial charge in [-0.3, -0.25) is 9.59 Å². The largest absolute Gasteiger partial charge is 0.466 e. The van der Waals surface area contributed by atoms with E-state index in [9.17, 15) is 14.0 Å². The molecule has 1 aromatic carbocycles. The molecule has 3 aromatic rings. The van der Waals surface area contributed by atoms with Gasteiger partial charge in [-0.1, -0.05) is 11.6 Å². The van der Waals surface area contributed by atoms with Gasteiger partial charge < -0.3 is 9.47 Å². The summed E-state index contributed by atoms with van der Waals surface area (Å²) in [6, 6.07) is 7.84. The normalized spacial score (nSPS) is 10.6. The molecule has 0 unspecified atom stereocenters. The molecule has 0 aliphatic heterocycles. The minimum absolute atomic E-state index is 0.0848. The number of benzene rings is 1. The van der Waals surface area contributed by atoms with Gasteiger partial charge in [-0.2, -0.15) is 5.10 Å². The molecule has 0 N–H and O–H groups in total. The Hall–Kier alpha value is -3.26. The van der Waals surface area contributed by atoms with Gasteiger partial charge in [0.2, 0.25) is 0 Å². The minimum atomic E-state index is -0.661. The molecule has 0 saturated carbocycles. The monoisotopic (exact) mass is 417 g/mol. The van der Waals surface area contributed by atoms with Crippen LogP contribution in [0.15, 0.2) is 48.9 Å². The highest BCUT2D eigenvalue weighted by molar-refractivity contribution is 6.30. The van der Waals surface area contributed by atoms with Crippen LogP contribution in [0.4, 0.5) is 4.39 Å². The van der Waals surface area contributed by atoms with Gasteiger partial charge in [0.1, 0.15) is 18.0 Å². The van der Waals surface area contributed by atoms with E-state index in [0.29, 0.717) is 17.0 Å². The summed E-state index contributed by atoms with van der Waals surface area (Å²) in [4.78, 5) is 27.1. The molecule has 2 aromatic heterocycles. The number of rotatable bonds is 8. The van der Waals surface area contributed by atoms with Gasteiger partial charge in [-0.25, -0.2) is 14.1 Å². The third-order valence-electron chi connectivity index (χ3n) is 3.77. The number of pyridine rings is 1. The fourth-order valence-electron chi connectivity index (χ4n) is 2.51. The number of hydrogen-bond donors (Lipinski definition) is 0. The Balaban J connectivity index is 1.63. The number of ketones is 1. The van der Waals surface area contributed by atoms with Crippen molar-refractivity contribution in [2.45, 2.75) is 19.8 Å². The van der Waals surface area contributed by atoms with E-state index in [1.807, 2.05) is 0 Å². The molecule has 2 heterocycles. The maximum absolute atomic E-state index is 13.8. The maximum Gasteiger partial charge on any atom is 0.313 e. The molecule has 0 atom stereocenters. The summed E-state index contributed by atoms with van der Waals surface area (Å²) < 4.78 is 25.5. The quantitative estimate of drug-likeness (QED) is 0.408. The number of Topliss-reactive ketones (excluding diaryl/α,β-unsaturated/α-hetero) is 1. The zero-order valence-electron chi connectivity index (χ0n) is 15.5. The third kappa shape index (κ3) is 5.61. The molecule has 0 fully saturated rings. The highest BCUT2D eigenvalue weighted by atomic mass is 35.5. The van der Waals surface area contributed by atoms with Gasteiger partial charge >= 0.3 is 5.97 Å². The van der Waals surface area contributed by atoms with Crippen LogP contribution in [0.25, 0.3) is 5.69 Å². The van der Waals surface area contributed by atoms with E-state index in [0.717, 1.165) is 6.07 Å². The van der Waals surface area contributed by atoms with E-state index in [-0.39, 0.29) is 36.1 Å². The number of esters is 1. The van der Waals surface area contributed by atoms with Crippen LogP contribution in [-0.4, -0.2) is 33.1 Å². The Morgan fingerprint density at radius 3 is 2.66 bits per heavy atom. The molecule has 0 radical (unpaired) electrons. The van der Waals surface area contributed by atoms with Crippen molar-refractivity contribution in [3.8, 4) is 17.3 Å². The Labute approximate surface area is 171 Å². The lowest BCUT2D eigenvalue weighted by Gasteiger charge is -2.07. The first-order chi connectivity index (χ1) is 13.9. The third-order valence-corrected chi connectivity index (χ3v) is 3.98. The first-order valence-electron chi connectivity index (χ1n) is 8.75. The van der Waals surface area contributed by atoms with Crippen molar-refractivity contribution < 1.29 is 23.5 Å². The molecule has 9 heteroatoms. The average molecular weight is 418 g/mol. The predicted octanol–water partition coefficient (Wildman–Crippen LogP) is 3.92. The second-order valence-corrected chi connectivity index (χ2v) is 6.46. The van der Waals surface area contributed by atoms with Crippen LogP contribution in [0.2, 0.25) is 5.02 Å². The Kier molecular flexibility index (Phi) is 6.56. The molecule has 29 heavy (non-hydrogen) atoms. The van der Waals surface area contributed by atoms with Crippen LogP contribution in [0.5, 0.6) is 11.6 Å². The molecule has 0 bridgehead atoms. The van der Waals surface area contributed by atoms with Gasteiger partial charge in [0.05, 0.1) is 23.5 Å². The van der Waals surface area contributed by atoms with Crippen LogP contribution in [0.3, 0.4) is 0 Å². The molecule has 3 rings (SSSR count). The molecular weight excluding hydrogens is 401 g/mol. The van der Waals surface area contributed by atoms with Gasteiger partial charge in [0.15, 0.2) is 5.82 Å². The second-order valence-electron chi connectivity index (χ2n) is 6.03. The van der Waals surface area contributed by atoms with Gasteiger partial charge in [-0.15, -0.1) is 0 Å². The first-order valence-corrected chi connectivity index (χ1v) is 9.12. The van der Waals surface area contributed by atoms with Crippen molar-refractivity contribution in [3.05, 3.63) is 65.3 Å². The highest BCUT2D eigenvalue weighted by Crippen LogP contribution is 2.25. The van der Waals surface area contributed by atoms with Gasteiger partial charge in [0, 0.05) is 18.8 Å². The number of carbonyl (C=O) groups is 2. The number of hydrogen-bond acceptors (Lipinski definition) is 6. The van der Waals surface area contributed by atoms with E-state index in [1.165, 1.54) is 6.20 Å². The Morgan fingerprint density at radius 2 is 1.97 bits per heavy atom. The number of aromatic nitrogens is 3. The SMILES string of the molecule is CCOC(=O)CC(=O)Cc1cnn(-c2ccc(Oc3ncc(Cl)cc3F)cc2)c1. The number of ether oxygens (including phenoxy) is 2. The average Bonchev–Trinajstić information content (AvgIpc) is 3.13. The summed E-state index contributed by atoms with van der Waals surface area (Å²) >= 11 is 5.67. The van der Waals surface area contributed by atoms with Crippen molar-refractivity contribution >= 4 is 23.4 Å². The van der Waals surface area contributed by atoms with Crippen LogP contribution >= 0.6 is 11.6 Å². The Bertz CT molecular complexity index is 1020. The van der Waals surface area contributed by atoms with Crippen molar-refractivity contribution in [1.82, 2.24) is 14.8 Å². The van der Waals surface area contributed by atoms with E-state index < -0.39 is 11.8 Å². The maximum atomic E-state index is 13.8. The summed E-state index contributed by atoms with van der Waals surface area (Å²) in [7, 11) is 0. The van der Waals surface area contributed by atoms with E-state index in [4.69, 9.17) is 21.1 Å². The molecule has 0 aliphatic rings. The first kappa shape index (κ1) is 20.5. The molecular formula is C20H17ClFN3O4. The number of nitrogens with zero attached hydrogens (tertiary/aromatic N) is 3. The van der Waals surface area contributed by atoms with E-state index in [1.54, 1.807) is 48.3 Å². The standard InChI is InChI=1S/C20H17ClFN3O4/c1-2-28-19(27)9-16(26)7-13-10-24-25(12-13)15-3-5-17(6-4-15)29-20-18(22)8-14(21)11-23-20/h3-6,8,10-12H,2,7,9H2,1H3. The van der Waals surface area contributed by atoms with Gasteiger partial charge in [0.25, 0.3) is 5.88 Å². The van der Waals surface area contributed by atoms with Gasteiger partial charge in [-0.05, 0) is 42.8 Å². The molecule has 0 saturated heterocycles. The molecule has 7 nitrogen and oxygen atoms in total. The molecule has 0 spiro atoms. The summed E-state index contributed by atoms with van der Waals surface area (Å²) in [5.41, 5.74) is 1.39. The molecule has 0 amide bonds. The predicted molar refractivity (Wildman–Crippen MR) is 103 cm³/mol. The summed E-state index contributed by atoms with van der Waals surface area (Å²) in [6.07, 6.45) is 4.37. The fraction of sp³-hybridized carbons (Fsp3) is 0.200. The minimum Gasteiger partial charge on any atom is -0.466 e. The van der Waals surface area contributed by atoms with Crippen LogP contribution in [0.1, 0.15) is 18.9 Å². The van der Waals surface area contributed by atoms with E-state index in [2.05, 4.69) is 10.1 Å². The lowest BCUT2D eigenvalue weighted by molar-refractivity contribution is -0.145. The smallest absolute Gasteiger partial charge is 0.313 e. The second kappa shape index (κ2) is 9.29. The number of halogens is 2. The van der Waals surface area contributed by atoms with Crippen molar-refractivity contribution in [2.24, 2.45) is 0 Å². The molecule has 150 valence electrons. The van der Waals surface area contributed by atoms with E-state index >= 15 is 0 Å². The van der Waals surface area contributed by atoms with Crippen molar-refractivity contribution in [1.29, 1.82) is 0 Å². The summed E-state index contributed by atoms with van der Waals surface area (Å²) in [5, 5.41) is 4.39. The zero-order valence-corrected chi connectivity index (χ0v) is 16.2. The Morgan fingerprint density at radius 1 is 1.21 bits per heavy atom. The topological polar surface area (TPSA) is 83.3 Å². The van der Waals surface area contributed by atoms with Crippen molar-refractivity contribution in [2.75, 3.05) is 6.61 Å². The van der Waals surface area contributed by atoms with Crippen LogP contribution in [-0.2, 0) is 20.7 Å². The van der Waals surface area contributed by atoms with Crippen molar-refractivity contribution in [3.63, 3.8) is 0 Å². The van der Waals surface area contributed by atoms with Crippen LogP contribution < -0.4 is 4.74 Å². The lowest BCUT2D eigenvalue weighted by atomic mass is 10.1. The fourth-order valence-corrected chi connectivity index (χ4v) is 2.66. The van der Waals surface area contributed by atoms with Crippen LogP contribution in [0, 0.1) is 5.82 Å².